The molecule has 0 saturated carbocycles. The predicted molar refractivity (Wildman–Crippen MR) is 342 cm³/mol. The van der Waals surface area contributed by atoms with E-state index in [1.165, 1.54) is 18.2 Å². The van der Waals surface area contributed by atoms with Crippen LogP contribution in [0.3, 0.4) is 0 Å². The fourth-order valence-corrected chi connectivity index (χ4v) is 16.3. The second kappa shape index (κ2) is 28.5. The third-order valence-corrected chi connectivity index (χ3v) is 22.0. The summed E-state index contributed by atoms with van der Waals surface area (Å²) in [5, 5.41) is 24.0. The molecule has 510 valence electrons. The number of phosphoric ester groups is 2. The summed E-state index contributed by atoms with van der Waals surface area (Å²) < 4.78 is 141. The minimum absolute atomic E-state index is 0.0205. The highest BCUT2D eigenvalue weighted by molar-refractivity contribution is 7.86. The van der Waals surface area contributed by atoms with Crippen molar-refractivity contribution in [3.8, 4) is 5.75 Å². The zero-order chi connectivity index (χ0) is 68.4. The molecule has 0 spiro atoms. The quantitative estimate of drug-likeness (QED) is 0.00845. The lowest BCUT2D eigenvalue weighted by Crippen LogP contribution is -2.45. The summed E-state index contributed by atoms with van der Waals surface area (Å²) in [5.74, 6) is 0.218. The number of allylic oxidation sites excluding steroid dienone is 9. The third-order valence-electron chi connectivity index (χ3n) is 16.1. The number of aliphatic hydroxyl groups is 2. The largest absolute Gasteiger partial charge is 0.748 e. The predicted octanol–water partition coefficient (Wildman–Crippen LogP) is 7.31. The number of fused-ring (bicyclic) bond motifs is 4. The van der Waals surface area contributed by atoms with Crippen LogP contribution >= 0.6 is 23.5 Å². The van der Waals surface area contributed by atoms with Crippen molar-refractivity contribution < 1.29 is 101 Å². The summed E-state index contributed by atoms with van der Waals surface area (Å²) >= 11 is 0. The van der Waals surface area contributed by atoms with Crippen molar-refractivity contribution in [3.63, 3.8) is 0 Å². The number of aliphatic hydroxyl groups excluding tert-OH is 2. The van der Waals surface area contributed by atoms with Gasteiger partial charge in [0, 0.05) is 77.7 Å². The normalized spacial score (nSPS) is 23.1. The molecule has 10 N–H and O–H groups in total. The molecule has 4 aliphatic rings. The van der Waals surface area contributed by atoms with Crippen LogP contribution in [-0.4, -0.2) is 149 Å². The number of nitrogens with two attached hydrogens (primary N) is 1. The summed E-state index contributed by atoms with van der Waals surface area (Å²) in [6, 6.07) is 8.36. The zero-order valence-corrected chi connectivity index (χ0v) is 56.7. The maximum atomic E-state index is 13.3. The van der Waals surface area contributed by atoms with Crippen LogP contribution in [0.25, 0.3) is 22.3 Å². The molecule has 2 aromatic carbocycles. The van der Waals surface area contributed by atoms with Gasteiger partial charge in [0.1, 0.15) is 36.4 Å². The summed E-state index contributed by atoms with van der Waals surface area (Å²) in [6.45, 7) is 16.2. The van der Waals surface area contributed by atoms with Crippen molar-refractivity contribution in [3.05, 3.63) is 112 Å². The van der Waals surface area contributed by atoms with E-state index in [4.69, 9.17) is 19.7 Å². The van der Waals surface area contributed by atoms with Gasteiger partial charge in [-0.1, -0.05) is 64.0 Å². The number of nitrogens with one attached hydrogen (secondary N) is 2. The molecule has 4 aromatic rings. The molecule has 1 saturated heterocycles. The average Bonchev–Trinajstić information content (AvgIpc) is 1.72. The van der Waals surface area contributed by atoms with Gasteiger partial charge in [0.2, 0.25) is 17.5 Å². The van der Waals surface area contributed by atoms with E-state index in [-0.39, 0.29) is 84.1 Å². The zero-order valence-electron chi connectivity index (χ0n) is 52.4. The number of ether oxygens (including phenoxy) is 2. The number of nitrogens with zero attached hydrogens (tertiary/aromatic N) is 5. The van der Waals surface area contributed by atoms with Crippen molar-refractivity contribution in [1.29, 1.82) is 0 Å². The number of likely N-dealkylation sites (N-methyl/N-ethyl adjacent to an activating group) is 1. The Morgan fingerprint density at radius 1 is 0.935 bits per heavy atom. The van der Waals surface area contributed by atoms with Crippen molar-refractivity contribution in [2.75, 3.05) is 49.2 Å². The van der Waals surface area contributed by atoms with Gasteiger partial charge in [-0.25, -0.2) is 27.1 Å². The highest BCUT2D eigenvalue weighted by Crippen LogP contribution is 2.68. The summed E-state index contributed by atoms with van der Waals surface area (Å²) in [5.41, 5.74) is 9.73. The Kier molecular flexibility index (Phi) is 22.3. The molecule has 8 rings (SSSR count). The van der Waals surface area contributed by atoms with E-state index in [1.807, 2.05) is 41.9 Å². The van der Waals surface area contributed by atoms with Crippen LogP contribution in [0.2, 0.25) is 0 Å². The first-order valence-corrected chi connectivity index (χ1v) is 37.3. The molecule has 35 heteroatoms. The number of hydrogen-bond donors (Lipinski definition) is 9. The Morgan fingerprint density at radius 2 is 1.63 bits per heavy atom. The number of imidazole rings is 1. The minimum atomic E-state index is -5.89. The number of phosphoric acid groups is 3. The molecule has 30 nitrogen and oxygen atoms in total. The van der Waals surface area contributed by atoms with E-state index in [0.717, 1.165) is 56.9 Å². The lowest BCUT2D eigenvalue weighted by molar-refractivity contribution is -0.437. The molecule has 93 heavy (non-hydrogen) atoms. The van der Waals surface area contributed by atoms with Crippen LogP contribution in [-0.2, 0) is 66.5 Å². The lowest BCUT2D eigenvalue weighted by Gasteiger charge is -2.43. The van der Waals surface area contributed by atoms with Crippen LogP contribution < -0.4 is 26.2 Å². The highest BCUT2D eigenvalue weighted by atomic mass is 32.2. The van der Waals surface area contributed by atoms with Crippen LogP contribution in [0.1, 0.15) is 130 Å². The lowest BCUT2D eigenvalue weighted by atomic mass is 9.75. The number of aromatic amines is 1. The van der Waals surface area contributed by atoms with E-state index < -0.39 is 98.2 Å². The first kappa shape index (κ1) is 73.0. The van der Waals surface area contributed by atoms with Gasteiger partial charge in [-0.3, -0.25) is 32.7 Å². The summed E-state index contributed by atoms with van der Waals surface area (Å²) in [4.78, 5) is 67.8. The number of amides is 1. The highest BCUT2D eigenvalue weighted by Gasteiger charge is 2.50. The number of carbonyl (C=O) groups is 1. The molecular weight excluding hydrogens is 1320 g/mol. The fraction of sp³-hybridized carbons (Fsp3) is 0.500. The molecular formula is C58H79N8O22P3S2. The molecule has 4 aliphatic heterocycles. The third kappa shape index (κ3) is 17.8. The number of hydrogen-bond acceptors (Lipinski definition) is 22. The number of nitrogen functional groups attached to an aromatic ring is 1. The number of carbonyl (C=O) groups excluding carboxylic acids is 1. The van der Waals surface area contributed by atoms with Gasteiger partial charge in [-0.05, 0) is 95.7 Å². The Bertz CT molecular complexity index is 4180. The number of anilines is 2. The van der Waals surface area contributed by atoms with Gasteiger partial charge in [-0.15, -0.1) is 0 Å². The molecule has 0 radical (unpaired) electrons. The van der Waals surface area contributed by atoms with Crippen LogP contribution in [0.5, 0.6) is 5.75 Å². The molecule has 4 unspecified atom stereocenters. The standard InChI is InChI=1S/C58H79N8O22P3S2/c1-9-66-43-32-44-40(31-39(43)36(2)33-57(66,6)7)37(29-47(85-44)56(3,4)5)19-13-12-14-20-46-58(8,41-30-38(93(80,81)82)22-23-42(41)64(46)26-18-28-92(77,78)79)24-17-21-48(67)60-25-15-10-11-16-27-83-89(71,72)87-91(75,76)88-90(73,74)84-34-45-50(68)51(69)54(86-45)65-35-61-49-52(65)62-55(59)63-53(49)70/h12-14,19-20,22-23,29-33,35,45,50-51,54,68-69H,9-11,15-18,21,24-28,34H2,1-8H3,(H8-,59,60,62,63,67,70,71,72,73,74,75,76,77,78,79,80,81,82)/t45-,50-,51-,54-,58?/m1/s1. The van der Waals surface area contributed by atoms with E-state index in [9.17, 15) is 74.1 Å². The van der Waals surface area contributed by atoms with E-state index in [1.54, 1.807) is 6.08 Å². The fourth-order valence-electron chi connectivity index (χ4n) is 11.7. The molecule has 1 amide bonds. The van der Waals surface area contributed by atoms with E-state index in [0.29, 0.717) is 36.2 Å². The number of unbranched alkanes of at least 4 members (excludes halogenated alkanes) is 3. The van der Waals surface area contributed by atoms with E-state index >= 15 is 0 Å². The smallest absolute Gasteiger partial charge is 0.490 e. The summed E-state index contributed by atoms with van der Waals surface area (Å²) in [7, 11) is -26.3. The summed E-state index contributed by atoms with van der Waals surface area (Å²) in [6.07, 6.45) is 9.83. The number of benzene rings is 2. The Morgan fingerprint density at radius 3 is 2.31 bits per heavy atom. The maximum absolute atomic E-state index is 13.3. The topological polar surface area (TPSA) is 444 Å². The molecule has 8 atom stereocenters. The van der Waals surface area contributed by atoms with Gasteiger partial charge in [0.25, 0.3) is 15.7 Å². The van der Waals surface area contributed by atoms with E-state index in [2.05, 4.69) is 105 Å². The molecule has 6 heterocycles. The SMILES string of the molecule is CCN1c2cc3c(cc2C(C)=CC1(C)C)C(=CC=CC=CC1=[N+](CCCS(=O)(=O)[O-])c2ccc(S(=O)(=O)O)cc2C1(C)CCCC(=O)NCCCCCCOP(=O)(O)OP(=O)(O)OP(=O)(O)OC[C@H]1O[C@@H](n2cnc4c(=O)[nH]c(N)nc42)[C@H](O)[C@@H]1O)C=C(C(C)(C)C)O3. The van der Waals surface area contributed by atoms with Gasteiger partial charge in [0.15, 0.2) is 23.1 Å². The molecule has 0 aliphatic carbocycles. The number of H-pyrrole nitrogens is 1. The van der Waals surface area contributed by atoms with Gasteiger partial charge >= 0.3 is 23.5 Å². The van der Waals surface area contributed by atoms with Gasteiger partial charge in [-0.2, -0.15) is 26.6 Å². The number of aromatic nitrogens is 4. The number of rotatable bonds is 29. The van der Waals surface area contributed by atoms with Crippen molar-refractivity contribution in [2.24, 2.45) is 5.41 Å². The second-order valence-electron chi connectivity index (χ2n) is 24.6. The van der Waals surface area contributed by atoms with Crippen molar-refractivity contribution >= 4 is 95.0 Å². The average molecular weight is 1400 g/mol. The molecule has 1 fully saturated rings. The molecule has 0 bridgehead atoms. The van der Waals surface area contributed by atoms with Crippen LogP contribution in [0.15, 0.2) is 94.6 Å². The van der Waals surface area contributed by atoms with Crippen LogP contribution in [0.4, 0.5) is 17.3 Å². The second-order valence-corrected chi connectivity index (χ2v) is 32.2. The molecule has 2 aromatic heterocycles. The van der Waals surface area contributed by atoms with Gasteiger partial charge in [0.05, 0.1) is 45.5 Å². The van der Waals surface area contributed by atoms with Gasteiger partial charge < -0.3 is 54.9 Å². The Hall–Kier alpha value is -5.86. The monoisotopic (exact) mass is 1400 g/mol. The van der Waals surface area contributed by atoms with Crippen molar-refractivity contribution in [1.82, 2.24) is 24.8 Å². The first-order chi connectivity index (χ1) is 43.2. The Labute approximate surface area is 537 Å². The first-order valence-electron chi connectivity index (χ1n) is 29.8. The Balaban J connectivity index is 0.845. The maximum Gasteiger partial charge on any atom is 0.490 e. The minimum Gasteiger partial charge on any atom is -0.748 e. The van der Waals surface area contributed by atoms with Crippen LogP contribution in [0, 0.1) is 5.41 Å². The van der Waals surface area contributed by atoms with Crippen molar-refractivity contribution in [2.45, 2.75) is 147 Å².